The van der Waals surface area contributed by atoms with Crippen LogP contribution in [-0.4, -0.2) is 27.4 Å². The second kappa shape index (κ2) is 3.98. The van der Waals surface area contributed by atoms with E-state index >= 15 is 0 Å². The second-order valence-electron chi connectivity index (χ2n) is 1.88. The van der Waals surface area contributed by atoms with Gasteiger partial charge in [0.2, 0.25) is 0 Å². The minimum absolute atomic E-state index is 0.0613. The van der Waals surface area contributed by atoms with E-state index in [1.807, 2.05) is 0 Å². The van der Waals surface area contributed by atoms with E-state index in [0.29, 0.717) is 0 Å². The quantitative estimate of drug-likeness (QED) is 0.639. The number of hydrogen-bond acceptors (Lipinski definition) is 3. The van der Waals surface area contributed by atoms with Crippen LogP contribution in [0, 0.1) is 0 Å². The molecule has 0 atom stereocenters. The van der Waals surface area contributed by atoms with Crippen LogP contribution in [0.2, 0.25) is 0 Å². The molecular formula is C5H9NO2S2. The number of thioether (sulfide) groups is 2. The highest BCUT2D eigenvalue weighted by Gasteiger charge is 2.15. The lowest BCUT2D eigenvalue weighted by Crippen LogP contribution is -2.30. The van der Waals surface area contributed by atoms with Crippen molar-refractivity contribution in [1.29, 1.82) is 0 Å². The Morgan fingerprint density at radius 3 is 2.60 bits per heavy atom. The second-order valence-corrected chi connectivity index (χ2v) is 4.60. The van der Waals surface area contributed by atoms with Gasteiger partial charge in [0, 0.05) is 0 Å². The summed E-state index contributed by atoms with van der Waals surface area (Å²) in [6.07, 6.45) is 0.263. The van der Waals surface area contributed by atoms with Crippen LogP contribution in [-0.2, 0) is 0 Å². The van der Waals surface area contributed by atoms with Gasteiger partial charge in [-0.25, -0.2) is 4.79 Å². The van der Waals surface area contributed by atoms with Crippen LogP contribution in [0.3, 0.4) is 0 Å². The molecule has 0 aromatic carbocycles. The van der Waals surface area contributed by atoms with Gasteiger partial charge in [-0.3, -0.25) is 0 Å². The molecule has 0 aromatic rings. The Hall–Kier alpha value is -0.0300. The predicted octanol–water partition coefficient (Wildman–Crippen LogP) is 1.41. The smallest absolute Gasteiger partial charge is 0.406 e. The first-order chi connectivity index (χ1) is 4.79. The molecule has 2 N–H and O–H groups in total. The molecule has 0 unspecified atom stereocenters. The van der Waals surface area contributed by atoms with Gasteiger partial charge in [-0.2, -0.15) is 0 Å². The fourth-order valence-electron chi connectivity index (χ4n) is 0.672. The monoisotopic (exact) mass is 179 g/mol. The van der Waals surface area contributed by atoms with E-state index in [-0.39, 0.29) is 4.71 Å². The van der Waals surface area contributed by atoms with Crippen molar-refractivity contribution in [2.45, 2.75) is 11.1 Å². The molecular weight excluding hydrogens is 170 g/mol. The minimum atomic E-state index is -0.924. The van der Waals surface area contributed by atoms with Crippen molar-refractivity contribution < 1.29 is 9.90 Å². The lowest BCUT2D eigenvalue weighted by Gasteiger charge is -2.19. The average Bonchev–Trinajstić information content (AvgIpc) is 1.88. The van der Waals surface area contributed by atoms with Gasteiger partial charge in [-0.05, 0) is 17.9 Å². The third-order valence-electron chi connectivity index (χ3n) is 1.07. The van der Waals surface area contributed by atoms with Gasteiger partial charge in [0.15, 0.2) is 0 Å². The van der Waals surface area contributed by atoms with Crippen molar-refractivity contribution in [3.05, 3.63) is 0 Å². The predicted molar refractivity (Wildman–Crippen MR) is 44.5 cm³/mol. The Morgan fingerprint density at radius 2 is 2.10 bits per heavy atom. The van der Waals surface area contributed by atoms with Crippen molar-refractivity contribution in [2.24, 2.45) is 0 Å². The molecule has 0 saturated carbocycles. The topological polar surface area (TPSA) is 49.3 Å². The summed E-state index contributed by atoms with van der Waals surface area (Å²) in [5.74, 6) is 2.13. The van der Waals surface area contributed by atoms with Crippen molar-refractivity contribution in [1.82, 2.24) is 5.32 Å². The molecule has 5 heteroatoms. The zero-order valence-electron chi connectivity index (χ0n) is 5.37. The SMILES string of the molecule is O=C(O)NC1SCCCS1. The minimum Gasteiger partial charge on any atom is -0.465 e. The Morgan fingerprint density at radius 1 is 1.50 bits per heavy atom. The molecule has 0 aromatic heterocycles. The Kier molecular flexibility index (Phi) is 3.21. The molecule has 1 aliphatic heterocycles. The van der Waals surface area contributed by atoms with Crippen LogP contribution in [0.5, 0.6) is 0 Å². The first kappa shape index (κ1) is 8.07. The van der Waals surface area contributed by atoms with Gasteiger partial charge in [0.1, 0.15) is 4.71 Å². The van der Waals surface area contributed by atoms with Gasteiger partial charge in [0.25, 0.3) is 0 Å². The molecule has 0 bridgehead atoms. The van der Waals surface area contributed by atoms with E-state index in [2.05, 4.69) is 5.32 Å². The largest absolute Gasteiger partial charge is 0.465 e. The van der Waals surface area contributed by atoms with Gasteiger partial charge in [0.05, 0.1) is 0 Å². The fraction of sp³-hybridized carbons (Fsp3) is 0.800. The number of carbonyl (C=O) groups is 1. The van der Waals surface area contributed by atoms with E-state index in [9.17, 15) is 4.79 Å². The molecule has 1 amide bonds. The zero-order chi connectivity index (χ0) is 7.40. The maximum absolute atomic E-state index is 10.1. The summed E-state index contributed by atoms with van der Waals surface area (Å²) in [6.45, 7) is 0. The number of carboxylic acid groups (broad SMARTS) is 1. The van der Waals surface area contributed by atoms with E-state index < -0.39 is 6.09 Å². The van der Waals surface area contributed by atoms with Gasteiger partial charge < -0.3 is 10.4 Å². The third kappa shape index (κ3) is 2.70. The van der Waals surface area contributed by atoms with Gasteiger partial charge in [-0.15, -0.1) is 23.5 Å². The Labute approximate surface area is 67.9 Å². The molecule has 1 saturated heterocycles. The summed E-state index contributed by atoms with van der Waals surface area (Å²) in [6, 6.07) is 0. The van der Waals surface area contributed by atoms with Crippen LogP contribution in [0.1, 0.15) is 6.42 Å². The van der Waals surface area contributed by atoms with Crippen LogP contribution in [0.4, 0.5) is 4.79 Å². The highest BCUT2D eigenvalue weighted by atomic mass is 32.2. The molecule has 1 rings (SSSR count). The highest BCUT2D eigenvalue weighted by molar-refractivity contribution is 8.17. The zero-order valence-corrected chi connectivity index (χ0v) is 7.00. The molecule has 58 valence electrons. The summed E-state index contributed by atoms with van der Waals surface area (Å²) >= 11 is 3.33. The van der Waals surface area contributed by atoms with Crippen LogP contribution in [0.15, 0.2) is 0 Å². The highest BCUT2D eigenvalue weighted by Crippen LogP contribution is 2.27. The maximum atomic E-state index is 10.1. The van der Waals surface area contributed by atoms with E-state index in [1.165, 1.54) is 6.42 Å². The Bertz CT molecular complexity index is 125. The van der Waals surface area contributed by atoms with Crippen molar-refractivity contribution in [3.8, 4) is 0 Å². The van der Waals surface area contributed by atoms with Gasteiger partial charge in [-0.1, -0.05) is 0 Å². The fourth-order valence-corrected chi connectivity index (χ4v) is 3.24. The normalized spacial score (nSPS) is 20.4. The molecule has 0 radical (unpaired) electrons. The molecule has 1 fully saturated rings. The maximum Gasteiger partial charge on any atom is 0.406 e. The summed E-state index contributed by atoms with van der Waals surface area (Å²) < 4.78 is 0.0613. The number of nitrogens with one attached hydrogen (secondary N) is 1. The molecule has 0 aliphatic carbocycles. The molecule has 1 heterocycles. The molecule has 10 heavy (non-hydrogen) atoms. The Balaban J connectivity index is 2.19. The van der Waals surface area contributed by atoms with E-state index in [0.717, 1.165) is 11.5 Å². The van der Waals surface area contributed by atoms with Crippen molar-refractivity contribution in [3.63, 3.8) is 0 Å². The third-order valence-corrected chi connectivity index (χ3v) is 3.77. The van der Waals surface area contributed by atoms with E-state index in [4.69, 9.17) is 5.11 Å². The molecule has 0 spiro atoms. The standard InChI is InChI=1S/C5H9NO2S2/c7-4(8)6-5-9-2-1-3-10-5/h5-6H,1-3H2,(H,7,8). The number of hydrogen-bond donors (Lipinski definition) is 2. The lowest BCUT2D eigenvalue weighted by molar-refractivity contribution is 0.195. The molecule has 1 aliphatic rings. The summed E-state index contributed by atoms with van der Waals surface area (Å²) in [4.78, 5) is 10.1. The van der Waals surface area contributed by atoms with Gasteiger partial charge >= 0.3 is 6.09 Å². The summed E-state index contributed by atoms with van der Waals surface area (Å²) in [5.41, 5.74) is 0. The molecule has 3 nitrogen and oxygen atoms in total. The summed E-state index contributed by atoms with van der Waals surface area (Å²) in [5, 5.41) is 10.8. The number of amides is 1. The van der Waals surface area contributed by atoms with Crippen LogP contribution in [0.25, 0.3) is 0 Å². The van der Waals surface area contributed by atoms with Crippen LogP contribution < -0.4 is 5.32 Å². The number of rotatable bonds is 1. The first-order valence-corrected chi connectivity index (χ1v) is 5.11. The van der Waals surface area contributed by atoms with Crippen molar-refractivity contribution >= 4 is 29.6 Å². The van der Waals surface area contributed by atoms with Crippen LogP contribution >= 0.6 is 23.5 Å². The lowest BCUT2D eigenvalue weighted by atomic mass is 10.6. The average molecular weight is 179 g/mol. The summed E-state index contributed by atoms with van der Waals surface area (Å²) in [7, 11) is 0. The van der Waals surface area contributed by atoms with E-state index in [1.54, 1.807) is 23.5 Å². The van der Waals surface area contributed by atoms with Crippen molar-refractivity contribution in [2.75, 3.05) is 11.5 Å². The first-order valence-electron chi connectivity index (χ1n) is 3.02.